The summed E-state index contributed by atoms with van der Waals surface area (Å²) in [5.74, 6) is 3.26. The summed E-state index contributed by atoms with van der Waals surface area (Å²) in [5.41, 5.74) is 1.28. The molecule has 1 rings (SSSR count). The second-order valence-corrected chi connectivity index (χ2v) is 5.54. The van der Waals surface area contributed by atoms with Crippen LogP contribution in [-0.2, 0) is 0 Å². The Hall–Kier alpha value is -0.670. The Bertz CT molecular complexity index is 330. The summed E-state index contributed by atoms with van der Waals surface area (Å²) in [6.45, 7) is 6.63. The van der Waals surface area contributed by atoms with Gasteiger partial charge in [-0.15, -0.1) is 0 Å². The first-order valence-electron chi connectivity index (χ1n) is 6.15. The molecule has 0 saturated heterocycles. The average molecular weight is 253 g/mol. The van der Waals surface area contributed by atoms with Crippen molar-refractivity contribution in [3.63, 3.8) is 0 Å². The van der Waals surface area contributed by atoms with Crippen molar-refractivity contribution >= 4 is 11.8 Å². The normalized spacial score (nSPS) is 14.4. The quantitative estimate of drug-likeness (QED) is 0.804. The number of ether oxygens (including phenoxy) is 1. The van der Waals surface area contributed by atoms with E-state index >= 15 is 0 Å². The van der Waals surface area contributed by atoms with Gasteiger partial charge in [-0.3, -0.25) is 0 Å². The Morgan fingerprint density at radius 2 is 2.12 bits per heavy atom. The number of benzene rings is 1. The lowest BCUT2D eigenvalue weighted by atomic mass is 10.1. The molecule has 2 atom stereocenters. The minimum atomic E-state index is 0.359. The fourth-order valence-corrected chi connectivity index (χ4v) is 2.46. The van der Waals surface area contributed by atoms with Crippen molar-refractivity contribution in [2.75, 3.05) is 18.6 Å². The van der Waals surface area contributed by atoms with Crippen LogP contribution in [-0.4, -0.2) is 24.7 Å². The van der Waals surface area contributed by atoms with Crippen LogP contribution in [0, 0.1) is 0 Å². The smallest absolute Gasteiger partial charge is 0.119 e. The maximum Gasteiger partial charge on any atom is 0.119 e. The monoisotopic (exact) mass is 253 g/mol. The molecule has 0 aliphatic heterocycles. The molecular weight excluding hydrogens is 230 g/mol. The Kier molecular flexibility index (Phi) is 6.45. The van der Waals surface area contributed by atoms with E-state index in [1.165, 1.54) is 11.3 Å². The first-order valence-corrected chi connectivity index (χ1v) is 7.30. The van der Waals surface area contributed by atoms with E-state index in [2.05, 4.69) is 38.2 Å². The van der Waals surface area contributed by atoms with E-state index < -0.39 is 0 Å². The molecule has 0 radical (unpaired) electrons. The van der Waals surface area contributed by atoms with Crippen LogP contribution >= 0.6 is 11.8 Å². The van der Waals surface area contributed by atoms with E-state index in [4.69, 9.17) is 4.74 Å². The zero-order chi connectivity index (χ0) is 12.7. The molecule has 0 bridgehead atoms. The molecule has 17 heavy (non-hydrogen) atoms. The van der Waals surface area contributed by atoms with Crippen molar-refractivity contribution in [2.24, 2.45) is 0 Å². The Balaban J connectivity index is 2.53. The second kappa shape index (κ2) is 7.62. The van der Waals surface area contributed by atoms with E-state index in [9.17, 15) is 0 Å². The SMILES string of the molecule is CCSCC(C)NC(C)c1cccc(OC)c1. The average Bonchev–Trinajstić information content (AvgIpc) is 2.36. The molecule has 96 valence electrons. The third-order valence-electron chi connectivity index (χ3n) is 2.70. The van der Waals surface area contributed by atoms with Crippen molar-refractivity contribution in [2.45, 2.75) is 32.9 Å². The van der Waals surface area contributed by atoms with Crippen LogP contribution < -0.4 is 10.1 Å². The topological polar surface area (TPSA) is 21.3 Å². The standard InChI is InChI=1S/C14H23NOS/c1-5-17-10-11(2)15-12(3)13-7-6-8-14(9-13)16-4/h6-9,11-12,15H,5,10H2,1-4H3. The van der Waals surface area contributed by atoms with Crippen LogP contribution in [0.2, 0.25) is 0 Å². The number of nitrogens with one attached hydrogen (secondary N) is 1. The van der Waals surface area contributed by atoms with Crippen LogP contribution in [0.5, 0.6) is 5.75 Å². The van der Waals surface area contributed by atoms with Gasteiger partial charge in [0.2, 0.25) is 0 Å². The number of hydrogen-bond donors (Lipinski definition) is 1. The predicted octanol–water partition coefficient (Wildman–Crippen LogP) is 3.49. The summed E-state index contributed by atoms with van der Waals surface area (Å²) in [5, 5.41) is 3.61. The highest BCUT2D eigenvalue weighted by Crippen LogP contribution is 2.19. The molecule has 0 heterocycles. The molecule has 1 N–H and O–H groups in total. The zero-order valence-electron chi connectivity index (χ0n) is 11.2. The van der Waals surface area contributed by atoms with Crippen LogP contribution in [0.3, 0.4) is 0 Å². The Morgan fingerprint density at radius 1 is 1.35 bits per heavy atom. The van der Waals surface area contributed by atoms with Crippen LogP contribution in [0.15, 0.2) is 24.3 Å². The highest BCUT2D eigenvalue weighted by molar-refractivity contribution is 7.99. The maximum absolute atomic E-state index is 5.24. The van der Waals surface area contributed by atoms with Gasteiger partial charge in [0, 0.05) is 17.8 Å². The fraction of sp³-hybridized carbons (Fsp3) is 0.571. The van der Waals surface area contributed by atoms with E-state index in [1.54, 1.807) is 7.11 Å². The third kappa shape index (κ3) is 5.00. The van der Waals surface area contributed by atoms with Crippen molar-refractivity contribution < 1.29 is 4.74 Å². The first kappa shape index (κ1) is 14.4. The van der Waals surface area contributed by atoms with Gasteiger partial charge < -0.3 is 10.1 Å². The van der Waals surface area contributed by atoms with Gasteiger partial charge in [0.1, 0.15) is 5.75 Å². The number of hydrogen-bond acceptors (Lipinski definition) is 3. The fourth-order valence-electron chi connectivity index (χ4n) is 1.78. The molecule has 1 aromatic rings. The molecular formula is C14H23NOS. The lowest BCUT2D eigenvalue weighted by Gasteiger charge is -2.20. The number of methoxy groups -OCH3 is 1. The summed E-state index contributed by atoms with van der Waals surface area (Å²) in [7, 11) is 1.71. The highest BCUT2D eigenvalue weighted by atomic mass is 32.2. The molecule has 0 amide bonds. The molecule has 0 spiro atoms. The van der Waals surface area contributed by atoms with Crippen molar-refractivity contribution in [3.05, 3.63) is 29.8 Å². The van der Waals surface area contributed by atoms with Crippen LogP contribution in [0.1, 0.15) is 32.4 Å². The predicted molar refractivity (Wildman–Crippen MR) is 77.0 cm³/mol. The second-order valence-electron chi connectivity index (χ2n) is 4.23. The minimum Gasteiger partial charge on any atom is -0.497 e. The van der Waals surface area contributed by atoms with Crippen LogP contribution in [0.4, 0.5) is 0 Å². The van der Waals surface area contributed by atoms with Gasteiger partial charge in [0.25, 0.3) is 0 Å². The molecule has 3 heteroatoms. The highest BCUT2D eigenvalue weighted by Gasteiger charge is 2.09. The van der Waals surface area contributed by atoms with Crippen molar-refractivity contribution in [3.8, 4) is 5.75 Å². The third-order valence-corrected chi connectivity index (χ3v) is 3.84. The van der Waals surface area contributed by atoms with Gasteiger partial charge in [-0.25, -0.2) is 0 Å². The van der Waals surface area contributed by atoms with Crippen molar-refractivity contribution in [1.29, 1.82) is 0 Å². The zero-order valence-corrected chi connectivity index (χ0v) is 12.0. The van der Waals surface area contributed by atoms with Gasteiger partial charge in [-0.1, -0.05) is 19.1 Å². The van der Waals surface area contributed by atoms with E-state index in [0.717, 1.165) is 11.5 Å². The minimum absolute atomic E-state index is 0.359. The summed E-state index contributed by atoms with van der Waals surface area (Å²) in [4.78, 5) is 0. The lowest BCUT2D eigenvalue weighted by Crippen LogP contribution is -2.30. The largest absolute Gasteiger partial charge is 0.497 e. The Morgan fingerprint density at radius 3 is 2.76 bits per heavy atom. The Labute approximate surface area is 109 Å². The van der Waals surface area contributed by atoms with Gasteiger partial charge in [0.05, 0.1) is 7.11 Å². The molecule has 0 aliphatic rings. The number of rotatable bonds is 7. The van der Waals surface area contributed by atoms with E-state index in [-0.39, 0.29) is 0 Å². The molecule has 2 nitrogen and oxygen atoms in total. The molecule has 0 aliphatic carbocycles. The summed E-state index contributed by atoms with van der Waals surface area (Å²) < 4.78 is 5.24. The van der Waals surface area contributed by atoms with E-state index in [0.29, 0.717) is 12.1 Å². The van der Waals surface area contributed by atoms with E-state index in [1.807, 2.05) is 23.9 Å². The first-order chi connectivity index (χ1) is 8.17. The molecule has 0 fully saturated rings. The number of thioether (sulfide) groups is 1. The van der Waals surface area contributed by atoms with Crippen LogP contribution in [0.25, 0.3) is 0 Å². The molecule has 0 aromatic heterocycles. The summed E-state index contributed by atoms with van der Waals surface area (Å²) in [6, 6.07) is 9.14. The maximum atomic E-state index is 5.24. The van der Waals surface area contributed by atoms with Gasteiger partial charge in [-0.2, -0.15) is 11.8 Å². The summed E-state index contributed by atoms with van der Waals surface area (Å²) >= 11 is 1.97. The van der Waals surface area contributed by atoms with Crippen molar-refractivity contribution in [1.82, 2.24) is 5.32 Å². The summed E-state index contributed by atoms with van der Waals surface area (Å²) in [6.07, 6.45) is 0. The molecule has 0 saturated carbocycles. The van der Waals surface area contributed by atoms with Gasteiger partial charge >= 0.3 is 0 Å². The van der Waals surface area contributed by atoms with Gasteiger partial charge in [-0.05, 0) is 37.3 Å². The van der Waals surface area contributed by atoms with Gasteiger partial charge in [0.15, 0.2) is 0 Å². The lowest BCUT2D eigenvalue weighted by molar-refractivity contribution is 0.412. The molecule has 2 unspecified atom stereocenters. The molecule has 1 aromatic carbocycles.